The Morgan fingerprint density at radius 3 is 2.85 bits per heavy atom. The number of nitrogens with one attached hydrogen (secondary N) is 1. The first-order valence-corrected chi connectivity index (χ1v) is 8.19. The summed E-state index contributed by atoms with van der Waals surface area (Å²) >= 11 is 1.96. The molecule has 2 atom stereocenters. The number of hydrogen-bond acceptors (Lipinski definition) is 4. The molecule has 0 saturated heterocycles. The predicted octanol–water partition coefficient (Wildman–Crippen LogP) is 2.48. The first-order valence-electron chi connectivity index (χ1n) is 7.14. The first-order chi connectivity index (χ1) is 9.65. The van der Waals surface area contributed by atoms with Crippen LogP contribution in [0.5, 0.6) is 0 Å². The molecule has 0 radical (unpaired) electrons. The molecular formula is C15H24N4S. The second-order valence-corrected chi connectivity index (χ2v) is 6.68. The van der Waals surface area contributed by atoms with Gasteiger partial charge in [0.05, 0.1) is 11.2 Å². The van der Waals surface area contributed by atoms with Crippen molar-refractivity contribution in [1.82, 2.24) is 15.2 Å². The monoisotopic (exact) mass is 292 g/mol. The Hall–Kier alpha value is -1.04. The summed E-state index contributed by atoms with van der Waals surface area (Å²) in [5.74, 6) is 6.71. The van der Waals surface area contributed by atoms with Crippen molar-refractivity contribution in [3.63, 3.8) is 0 Å². The summed E-state index contributed by atoms with van der Waals surface area (Å²) < 4.78 is 1.94. The van der Waals surface area contributed by atoms with Gasteiger partial charge in [0, 0.05) is 35.9 Å². The Labute approximate surface area is 125 Å². The fourth-order valence-corrected chi connectivity index (χ4v) is 3.25. The smallest absolute Gasteiger partial charge is 0.0719 e. The van der Waals surface area contributed by atoms with Crippen molar-refractivity contribution < 1.29 is 0 Å². The van der Waals surface area contributed by atoms with Gasteiger partial charge in [0.15, 0.2) is 0 Å². The molecule has 0 fully saturated rings. The molecule has 5 heteroatoms. The normalized spacial score (nSPS) is 14.6. The zero-order valence-corrected chi connectivity index (χ0v) is 13.3. The summed E-state index contributed by atoms with van der Waals surface area (Å²) in [6, 6.07) is 8.60. The Bertz CT molecular complexity index is 552. The molecule has 1 heterocycles. The number of fused-ring (bicyclic) bond motifs is 1. The van der Waals surface area contributed by atoms with Gasteiger partial charge < -0.3 is 0 Å². The third kappa shape index (κ3) is 3.53. The summed E-state index contributed by atoms with van der Waals surface area (Å²) in [7, 11) is 1.99. The topological polar surface area (TPSA) is 55.9 Å². The van der Waals surface area contributed by atoms with E-state index >= 15 is 0 Å². The van der Waals surface area contributed by atoms with Crippen LogP contribution in [0.3, 0.4) is 0 Å². The molecule has 3 N–H and O–H groups in total. The lowest BCUT2D eigenvalue weighted by Gasteiger charge is -2.16. The molecule has 4 nitrogen and oxygen atoms in total. The minimum absolute atomic E-state index is 0.257. The van der Waals surface area contributed by atoms with Gasteiger partial charge in [-0.1, -0.05) is 32.0 Å². The zero-order valence-electron chi connectivity index (χ0n) is 12.5. The lowest BCUT2D eigenvalue weighted by molar-refractivity contribution is 0.565. The van der Waals surface area contributed by atoms with Gasteiger partial charge in [0.1, 0.15) is 0 Å². The predicted molar refractivity (Wildman–Crippen MR) is 87.7 cm³/mol. The number of hydrogen-bond donors (Lipinski definition) is 2. The van der Waals surface area contributed by atoms with Gasteiger partial charge in [0.25, 0.3) is 0 Å². The van der Waals surface area contributed by atoms with Gasteiger partial charge in [0.2, 0.25) is 0 Å². The van der Waals surface area contributed by atoms with Crippen LogP contribution in [-0.2, 0) is 13.5 Å². The molecule has 2 aromatic rings. The quantitative estimate of drug-likeness (QED) is 0.608. The maximum atomic E-state index is 5.70. The van der Waals surface area contributed by atoms with Crippen molar-refractivity contribution in [1.29, 1.82) is 0 Å². The summed E-state index contributed by atoms with van der Waals surface area (Å²) in [6.45, 7) is 4.48. The second kappa shape index (κ2) is 7.11. The average Bonchev–Trinajstić information content (AvgIpc) is 2.80. The van der Waals surface area contributed by atoms with Gasteiger partial charge in [-0.25, -0.2) is 0 Å². The van der Waals surface area contributed by atoms with E-state index in [9.17, 15) is 0 Å². The Balaban J connectivity index is 2.09. The SMILES string of the molecule is CCC(C)SCC(Cc1nn(C)c2ccccc12)NN. The van der Waals surface area contributed by atoms with Gasteiger partial charge in [-0.15, -0.1) is 0 Å². The van der Waals surface area contributed by atoms with E-state index in [2.05, 4.69) is 42.6 Å². The third-order valence-corrected chi connectivity index (χ3v) is 5.16. The highest BCUT2D eigenvalue weighted by Gasteiger charge is 2.15. The number of hydrazine groups is 1. The third-order valence-electron chi connectivity index (χ3n) is 3.67. The fraction of sp³-hybridized carbons (Fsp3) is 0.533. The molecule has 0 aliphatic rings. The van der Waals surface area contributed by atoms with Crippen LogP contribution in [0.25, 0.3) is 10.9 Å². The standard InChI is InChI=1S/C15H24N4S/c1-4-11(2)20-10-12(17-16)9-14-13-7-5-6-8-15(13)19(3)18-14/h5-8,11-12,17H,4,9-10,16H2,1-3H3. The van der Waals surface area contributed by atoms with Crippen LogP contribution >= 0.6 is 11.8 Å². The summed E-state index contributed by atoms with van der Waals surface area (Å²) in [6.07, 6.45) is 2.05. The summed E-state index contributed by atoms with van der Waals surface area (Å²) in [5, 5.41) is 6.53. The zero-order chi connectivity index (χ0) is 14.5. The minimum Gasteiger partial charge on any atom is -0.271 e. The van der Waals surface area contributed by atoms with Gasteiger partial charge in [-0.3, -0.25) is 16.0 Å². The highest BCUT2D eigenvalue weighted by molar-refractivity contribution is 7.99. The van der Waals surface area contributed by atoms with E-state index in [4.69, 9.17) is 5.84 Å². The van der Waals surface area contributed by atoms with Crippen molar-refractivity contribution in [2.45, 2.75) is 38.0 Å². The number of thioether (sulfide) groups is 1. The number of aromatic nitrogens is 2. The molecule has 0 aliphatic carbocycles. The summed E-state index contributed by atoms with van der Waals surface area (Å²) in [4.78, 5) is 0. The van der Waals surface area contributed by atoms with Crippen LogP contribution in [0, 0.1) is 0 Å². The molecule has 2 unspecified atom stereocenters. The van der Waals surface area contributed by atoms with Crippen molar-refractivity contribution >= 4 is 22.7 Å². The Morgan fingerprint density at radius 2 is 2.15 bits per heavy atom. The van der Waals surface area contributed by atoms with E-state index in [1.54, 1.807) is 0 Å². The highest BCUT2D eigenvalue weighted by atomic mass is 32.2. The van der Waals surface area contributed by atoms with Crippen molar-refractivity contribution in [3.05, 3.63) is 30.0 Å². The molecule has 20 heavy (non-hydrogen) atoms. The van der Waals surface area contributed by atoms with Gasteiger partial charge >= 0.3 is 0 Å². The average molecular weight is 292 g/mol. The van der Waals surface area contributed by atoms with Crippen LogP contribution < -0.4 is 11.3 Å². The molecule has 110 valence electrons. The van der Waals surface area contributed by atoms with E-state index in [1.165, 1.54) is 17.3 Å². The lowest BCUT2D eigenvalue weighted by Crippen LogP contribution is -2.39. The number of aryl methyl sites for hydroxylation is 1. The minimum atomic E-state index is 0.257. The number of nitrogens with zero attached hydrogens (tertiary/aromatic N) is 2. The van der Waals surface area contributed by atoms with Gasteiger partial charge in [-0.05, 0) is 12.5 Å². The van der Waals surface area contributed by atoms with E-state index in [0.717, 1.165) is 17.9 Å². The van der Waals surface area contributed by atoms with Crippen molar-refractivity contribution in [2.75, 3.05) is 5.75 Å². The van der Waals surface area contributed by atoms with E-state index < -0.39 is 0 Å². The number of para-hydroxylation sites is 1. The Morgan fingerprint density at radius 1 is 1.40 bits per heavy atom. The largest absolute Gasteiger partial charge is 0.271 e. The van der Waals surface area contributed by atoms with Gasteiger partial charge in [-0.2, -0.15) is 16.9 Å². The lowest BCUT2D eigenvalue weighted by atomic mass is 10.1. The van der Waals surface area contributed by atoms with Crippen LogP contribution in [-0.4, -0.2) is 26.8 Å². The molecule has 0 saturated carbocycles. The maximum Gasteiger partial charge on any atom is 0.0719 e. The van der Waals surface area contributed by atoms with Crippen molar-refractivity contribution in [3.8, 4) is 0 Å². The number of rotatable bonds is 7. The highest BCUT2D eigenvalue weighted by Crippen LogP contribution is 2.21. The number of nitrogens with two attached hydrogens (primary N) is 1. The maximum absolute atomic E-state index is 5.70. The molecule has 0 aliphatic heterocycles. The van der Waals surface area contributed by atoms with Crippen LogP contribution in [0.4, 0.5) is 0 Å². The molecule has 0 bridgehead atoms. The second-order valence-electron chi connectivity index (χ2n) is 5.21. The van der Waals surface area contributed by atoms with E-state index in [1.807, 2.05) is 29.6 Å². The molecule has 1 aromatic carbocycles. The molecule has 1 aromatic heterocycles. The van der Waals surface area contributed by atoms with E-state index in [-0.39, 0.29) is 6.04 Å². The molecule has 0 spiro atoms. The van der Waals surface area contributed by atoms with Crippen LogP contribution in [0.2, 0.25) is 0 Å². The van der Waals surface area contributed by atoms with E-state index in [0.29, 0.717) is 5.25 Å². The van der Waals surface area contributed by atoms with Crippen molar-refractivity contribution in [2.24, 2.45) is 12.9 Å². The first kappa shape index (κ1) is 15.4. The fourth-order valence-electron chi connectivity index (χ4n) is 2.24. The summed E-state index contributed by atoms with van der Waals surface area (Å²) in [5.41, 5.74) is 5.23. The van der Waals surface area contributed by atoms with Crippen LogP contribution in [0.1, 0.15) is 26.0 Å². The molecule has 0 amide bonds. The molecule has 2 rings (SSSR count). The molecular weight excluding hydrogens is 268 g/mol. The van der Waals surface area contributed by atoms with Crippen LogP contribution in [0.15, 0.2) is 24.3 Å². The number of benzene rings is 1. The Kier molecular flexibility index (Phi) is 5.46.